The maximum Gasteiger partial charge on any atom is 0.214 e. The van der Waals surface area contributed by atoms with E-state index in [4.69, 9.17) is 0 Å². The van der Waals surface area contributed by atoms with E-state index in [2.05, 4.69) is 5.32 Å². The monoisotopic (exact) mass is 270 g/mol. The molecule has 4 nitrogen and oxygen atoms in total. The lowest BCUT2D eigenvalue weighted by atomic mass is 10.0. The summed E-state index contributed by atoms with van der Waals surface area (Å²) in [7, 11) is -1.41. The van der Waals surface area contributed by atoms with Gasteiger partial charge in [0.25, 0.3) is 0 Å². The molecule has 1 rings (SSSR count). The molecule has 1 aliphatic rings. The Balaban J connectivity index is 0.00000225. The van der Waals surface area contributed by atoms with E-state index in [1.54, 1.807) is 7.05 Å². The molecule has 1 heterocycles. The number of sulfonamides is 1. The van der Waals surface area contributed by atoms with Crippen LogP contribution >= 0.6 is 12.4 Å². The second-order valence-electron chi connectivity index (χ2n) is 5.48. The summed E-state index contributed by atoms with van der Waals surface area (Å²) in [6, 6.07) is 0.136. The van der Waals surface area contributed by atoms with Gasteiger partial charge in [-0.05, 0) is 18.4 Å². The Labute approximate surface area is 105 Å². The van der Waals surface area contributed by atoms with Crippen LogP contribution in [0.2, 0.25) is 0 Å². The topological polar surface area (TPSA) is 49.4 Å². The third kappa shape index (κ3) is 4.57. The van der Waals surface area contributed by atoms with Crippen molar-refractivity contribution >= 4 is 22.4 Å². The molecule has 0 saturated carbocycles. The quantitative estimate of drug-likeness (QED) is 0.835. The van der Waals surface area contributed by atoms with Crippen LogP contribution in [0, 0.1) is 5.41 Å². The van der Waals surface area contributed by atoms with Crippen molar-refractivity contribution in [2.45, 2.75) is 33.2 Å². The molecule has 0 aromatic rings. The first-order valence-corrected chi connectivity index (χ1v) is 7.00. The highest BCUT2D eigenvalue weighted by atomic mass is 35.5. The Bertz CT molecular complexity index is 305. The molecule has 0 aliphatic carbocycles. The van der Waals surface area contributed by atoms with Crippen molar-refractivity contribution in [1.82, 2.24) is 9.62 Å². The van der Waals surface area contributed by atoms with Crippen LogP contribution in [0.4, 0.5) is 0 Å². The normalized spacial score (nSPS) is 22.2. The first-order chi connectivity index (χ1) is 6.72. The van der Waals surface area contributed by atoms with Gasteiger partial charge in [-0.1, -0.05) is 20.8 Å². The number of rotatable bonds is 3. The molecule has 1 atom stereocenters. The largest absolute Gasteiger partial charge is 0.315 e. The van der Waals surface area contributed by atoms with E-state index in [1.165, 1.54) is 4.31 Å². The Morgan fingerprint density at radius 3 is 2.31 bits per heavy atom. The Kier molecular flexibility index (Phi) is 5.72. The van der Waals surface area contributed by atoms with Gasteiger partial charge in [0.15, 0.2) is 0 Å². The molecule has 1 saturated heterocycles. The summed E-state index contributed by atoms with van der Waals surface area (Å²) in [4.78, 5) is 0. The van der Waals surface area contributed by atoms with Crippen molar-refractivity contribution in [2.75, 3.05) is 25.9 Å². The highest BCUT2D eigenvalue weighted by Crippen LogP contribution is 2.20. The van der Waals surface area contributed by atoms with Gasteiger partial charge in [0.05, 0.1) is 5.75 Å². The predicted molar refractivity (Wildman–Crippen MR) is 69.5 cm³/mol. The summed E-state index contributed by atoms with van der Waals surface area (Å²) in [6.07, 6.45) is 0.917. The second kappa shape index (κ2) is 5.67. The van der Waals surface area contributed by atoms with Crippen LogP contribution in [0.3, 0.4) is 0 Å². The number of hydrogen-bond acceptors (Lipinski definition) is 3. The van der Waals surface area contributed by atoms with E-state index in [0.29, 0.717) is 0 Å². The summed E-state index contributed by atoms with van der Waals surface area (Å²) >= 11 is 0. The fourth-order valence-electron chi connectivity index (χ4n) is 1.83. The smallest absolute Gasteiger partial charge is 0.214 e. The molecule has 0 radical (unpaired) electrons. The number of likely N-dealkylation sites (N-methyl/N-ethyl adjacent to an activating group) is 1. The van der Waals surface area contributed by atoms with Crippen LogP contribution < -0.4 is 5.32 Å². The average Bonchev–Trinajstić information content (AvgIpc) is 2.49. The number of nitrogens with zero attached hydrogens (tertiary/aromatic N) is 1. The van der Waals surface area contributed by atoms with E-state index in [1.807, 2.05) is 20.8 Å². The second-order valence-corrected chi connectivity index (χ2v) is 7.51. The molecule has 0 aromatic heterocycles. The molecule has 1 unspecified atom stereocenters. The molecule has 0 aromatic carbocycles. The van der Waals surface area contributed by atoms with E-state index < -0.39 is 10.0 Å². The SMILES string of the molecule is CN(C1CCNC1)S(=O)(=O)CC(C)(C)C.Cl. The highest BCUT2D eigenvalue weighted by Gasteiger charge is 2.31. The van der Waals surface area contributed by atoms with Crippen LogP contribution in [0.25, 0.3) is 0 Å². The molecule has 16 heavy (non-hydrogen) atoms. The Morgan fingerprint density at radius 2 is 1.94 bits per heavy atom. The van der Waals surface area contributed by atoms with Crippen LogP contribution in [0.1, 0.15) is 27.2 Å². The van der Waals surface area contributed by atoms with Gasteiger partial charge in [-0.3, -0.25) is 0 Å². The van der Waals surface area contributed by atoms with Crippen molar-refractivity contribution in [3.8, 4) is 0 Å². The standard InChI is InChI=1S/C10H22N2O2S.ClH/c1-10(2,3)8-15(13,14)12(4)9-5-6-11-7-9;/h9,11H,5-8H2,1-4H3;1H. The summed E-state index contributed by atoms with van der Waals surface area (Å²) in [5.41, 5.74) is -0.181. The van der Waals surface area contributed by atoms with Crippen LogP contribution in [0.5, 0.6) is 0 Å². The van der Waals surface area contributed by atoms with Gasteiger partial charge in [0.2, 0.25) is 10.0 Å². The van der Waals surface area contributed by atoms with Crippen LogP contribution in [-0.4, -0.2) is 44.7 Å². The third-order valence-electron chi connectivity index (χ3n) is 2.60. The van der Waals surface area contributed by atoms with E-state index in [0.717, 1.165) is 19.5 Å². The fraction of sp³-hybridized carbons (Fsp3) is 1.00. The maximum absolute atomic E-state index is 12.0. The zero-order chi connectivity index (χ0) is 11.7. The molecule has 1 aliphatic heterocycles. The Hall–Kier alpha value is 0.160. The number of nitrogens with one attached hydrogen (secondary N) is 1. The lowest BCUT2D eigenvalue weighted by Crippen LogP contribution is -2.42. The highest BCUT2D eigenvalue weighted by molar-refractivity contribution is 7.89. The van der Waals surface area contributed by atoms with Gasteiger partial charge < -0.3 is 5.32 Å². The van der Waals surface area contributed by atoms with Crippen LogP contribution in [0.15, 0.2) is 0 Å². The summed E-state index contributed by atoms with van der Waals surface area (Å²) in [5.74, 6) is 0.215. The minimum atomic E-state index is -3.11. The molecular weight excluding hydrogens is 248 g/mol. The minimum Gasteiger partial charge on any atom is -0.315 e. The first-order valence-electron chi connectivity index (χ1n) is 5.39. The average molecular weight is 271 g/mol. The molecule has 0 bridgehead atoms. The van der Waals surface area contributed by atoms with E-state index >= 15 is 0 Å². The van der Waals surface area contributed by atoms with Gasteiger partial charge in [0, 0.05) is 19.6 Å². The summed E-state index contributed by atoms with van der Waals surface area (Å²) in [6.45, 7) is 7.54. The molecular formula is C10H23ClN2O2S. The van der Waals surface area contributed by atoms with E-state index in [-0.39, 0.29) is 29.6 Å². The van der Waals surface area contributed by atoms with Gasteiger partial charge in [0.1, 0.15) is 0 Å². The van der Waals surface area contributed by atoms with Crippen molar-refractivity contribution in [3.63, 3.8) is 0 Å². The summed E-state index contributed by atoms with van der Waals surface area (Å²) < 4.78 is 25.6. The number of hydrogen-bond donors (Lipinski definition) is 1. The van der Waals surface area contributed by atoms with Crippen molar-refractivity contribution in [1.29, 1.82) is 0 Å². The molecule has 1 N–H and O–H groups in total. The van der Waals surface area contributed by atoms with Crippen molar-refractivity contribution < 1.29 is 8.42 Å². The molecule has 0 amide bonds. The maximum atomic E-state index is 12.0. The molecule has 1 fully saturated rings. The lowest BCUT2D eigenvalue weighted by Gasteiger charge is -2.27. The fourth-order valence-corrected chi connectivity index (χ4v) is 3.76. The zero-order valence-electron chi connectivity index (χ0n) is 10.5. The van der Waals surface area contributed by atoms with Crippen molar-refractivity contribution in [2.24, 2.45) is 5.41 Å². The minimum absolute atomic E-state index is 0. The molecule has 0 spiro atoms. The zero-order valence-corrected chi connectivity index (χ0v) is 12.1. The summed E-state index contributed by atoms with van der Waals surface area (Å²) in [5, 5.41) is 3.18. The predicted octanol–water partition coefficient (Wildman–Crippen LogP) is 1.08. The lowest BCUT2D eigenvalue weighted by molar-refractivity contribution is 0.371. The van der Waals surface area contributed by atoms with Gasteiger partial charge in [-0.15, -0.1) is 12.4 Å². The van der Waals surface area contributed by atoms with Crippen LogP contribution in [-0.2, 0) is 10.0 Å². The van der Waals surface area contributed by atoms with E-state index in [9.17, 15) is 8.42 Å². The first kappa shape index (κ1) is 16.2. The van der Waals surface area contributed by atoms with Crippen molar-refractivity contribution in [3.05, 3.63) is 0 Å². The third-order valence-corrected chi connectivity index (χ3v) is 5.01. The molecule has 98 valence electrons. The number of halogens is 1. The Morgan fingerprint density at radius 1 is 1.38 bits per heavy atom. The van der Waals surface area contributed by atoms with Gasteiger partial charge >= 0.3 is 0 Å². The van der Waals surface area contributed by atoms with Gasteiger partial charge in [-0.2, -0.15) is 0 Å². The molecule has 6 heteroatoms. The van der Waals surface area contributed by atoms with Gasteiger partial charge in [-0.25, -0.2) is 12.7 Å².